The Bertz CT molecular complexity index is 158. The molecular formula is C12H25NO2. The summed E-state index contributed by atoms with van der Waals surface area (Å²) < 4.78 is 5.56. The SMILES string of the molecule is CC(O)CCCN(C)CCOCC1CC1. The maximum atomic E-state index is 9.10. The highest BCUT2D eigenvalue weighted by molar-refractivity contribution is 4.71. The first-order chi connectivity index (χ1) is 7.18. The summed E-state index contributed by atoms with van der Waals surface area (Å²) in [5.74, 6) is 0.866. The second-order valence-corrected chi connectivity index (χ2v) is 4.81. The summed E-state index contributed by atoms with van der Waals surface area (Å²) in [5, 5.41) is 9.10. The zero-order valence-corrected chi connectivity index (χ0v) is 10.1. The fourth-order valence-electron chi connectivity index (χ4n) is 1.52. The van der Waals surface area contributed by atoms with Crippen molar-refractivity contribution in [3.8, 4) is 0 Å². The van der Waals surface area contributed by atoms with Crippen molar-refractivity contribution in [2.24, 2.45) is 5.92 Å². The van der Waals surface area contributed by atoms with Crippen molar-refractivity contribution in [3.05, 3.63) is 0 Å². The van der Waals surface area contributed by atoms with Crippen molar-refractivity contribution >= 4 is 0 Å². The first kappa shape index (κ1) is 12.9. The van der Waals surface area contributed by atoms with Crippen LogP contribution < -0.4 is 0 Å². The molecule has 1 unspecified atom stereocenters. The third kappa shape index (κ3) is 7.77. The number of aliphatic hydroxyl groups excluding tert-OH is 1. The van der Waals surface area contributed by atoms with E-state index in [-0.39, 0.29) is 6.10 Å². The van der Waals surface area contributed by atoms with Gasteiger partial charge in [0.05, 0.1) is 12.7 Å². The Balaban J connectivity index is 1.81. The normalized spacial score (nSPS) is 18.4. The molecule has 0 aromatic heterocycles. The van der Waals surface area contributed by atoms with Gasteiger partial charge in [-0.1, -0.05) is 0 Å². The second-order valence-electron chi connectivity index (χ2n) is 4.81. The van der Waals surface area contributed by atoms with E-state index in [1.165, 1.54) is 12.8 Å². The van der Waals surface area contributed by atoms with E-state index in [1.54, 1.807) is 0 Å². The predicted octanol–water partition coefficient (Wildman–Crippen LogP) is 1.51. The second kappa shape index (κ2) is 7.20. The lowest BCUT2D eigenvalue weighted by atomic mass is 10.2. The van der Waals surface area contributed by atoms with Crippen molar-refractivity contribution in [3.63, 3.8) is 0 Å². The lowest BCUT2D eigenvalue weighted by molar-refractivity contribution is 0.101. The number of rotatable bonds is 9. The molecule has 1 aliphatic carbocycles. The minimum Gasteiger partial charge on any atom is -0.393 e. The number of ether oxygens (including phenoxy) is 1. The summed E-state index contributed by atoms with van der Waals surface area (Å²) in [6, 6.07) is 0. The molecule has 90 valence electrons. The van der Waals surface area contributed by atoms with Crippen LogP contribution in [0.25, 0.3) is 0 Å². The van der Waals surface area contributed by atoms with Gasteiger partial charge in [0.1, 0.15) is 0 Å². The maximum absolute atomic E-state index is 9.10. The van der Waals surface area contributed by atoms with Gasteiger partial charge in [0.2, 0.25) is 0 Å². The largest absolute Gasteiger partial charge is 0.393 e. The summed E-state index contributed by atoms with van der Waals surface area (Å²) in [6.45, 7) is 5.71. The molecule has 1 rings (SSSR count). The molecular weight excluding hydrogens is 190 g/mol. The number of nitrogens with zero attached hydrogens (tertiary/aromatic N) is 1. The molecule has 1 N–H and O–H groups in total. The molecule has 3 heteroatoms. The Labute approximate surface area is 93.4 Å². The standard InChI is InChI=1S/C12H25NO2/c1-11(14)4-3-7-13(2)8-9-15-10-12-5-6-12/h11-12,14H,3-10H2,1-2H3. The van der Waals surface area contributed by atoms with Gasteiger partial charge in [-0.25, -0.2) is 0 Å². The Morgan fingerprint density at radius 3 is 2.73 bits per heavy atom. The van der Waals surface area contributed by atoms with Crippen LogP contribution in [0.3, 0.4) is 0 Å². The monoisotopic (exact) mass is 215 g/mol. The average Bonchev–Trinajstić information content (AvgIpc) is 2.95. The summed E-state index contributed by atoms with van der Waals surface area (Å²) in [6.07, 6.45) is 4.53. The highest BCUT2D eigenvalue weighted by atomic mass is 16.5. The van der Waals surface area contributed by atoms with E-state index in [9.17, 15) is 0 Å². The van der Waals surface area contributed by atoms with Crippen molar-refractivity contribution < 1.29 is 9.84 Å². The minimum atomic E-state index is -0.162. The van der Waals surface area contributed by atoms with Crippen LogP contribution in [0.4, 0.5) is 0 Å². The summed E-state index contributed by atoms with van der Waals surface area (Å²) in [4.78, 5) is 2.27. The van der Waals surface area contributed by atoms with E-state index in [4.69, 9.17) is 9.84 Å². The molecule has 0 amide bonds. The third-order valence-corrected chi connectivity index (χ3v) is 2.83. The van der Waals surface area contributed by atoms with Crippen LogP contribution in [-0.4, -0.2) is 49.5 Å². The van der Waals surface area contributed by atoms with E-state index in [2.05, 4.69) is 11.9 Å². The summed E-state index contributed by atoms with van der Waals surface area (Å²) in [5.41, 5.74) is 0. The fourth-order valence-corrected chi connectivity index (χ4v) is 1.52. The Morgan fingerprint density at radius 2 is 2.13 bits per heavy atom. The number of hydrogen-bond acceptors (Lipinski definition) is 3. The van der Waals surface area contributed by atoms with Gasteiger partial charge < -0.3 is 14.7 Å². The molecule has 3 nitrogen and oxygen atoms in total. The van der Waals surface area contributed by atoms with Crippen molar-refractivity contribution in [2.75, 3.05) is 33.4 Å². The Kier molecular flexibility index (Phi) is 6.22. The van der Waals surface area contributed by atoms with Crippen LogP contribution in [0.15, 0.2) is 0 Å². The van der Waals surface area contributed by atoms with Gasteiger partial charge in [-0.3, -0.25) is 0 Å². The molecule has 0 aromatic rings. The number of likely N-dealkylation sites (N-methyl/N-ethyl adjacent to an activating group) is 1. The first-order valence-corrected chi connectivity index (χ1v) is 6.13. The molecule has 0 bridgehead atoms. The highest BCUT2D eigenvalue weighted by Gasteiger charge is 2.20. The van der Waals surface area contributed by atoms with Gasteiger partial charge >= 0.3 is 0 Å². The van der Waals surface area contributed by atoms with Gasteiger partial charge in [-0.05, 0) is 52.1 Å². The van der Waals surface area contributed by atoms with Crippen LogP contribution >= 0.6 is 0 Å². The molecule has 0 aliphatic heterocycles. The van der Waals surface area contributed by atoms with E-state index >= 15 is 0 Å². The van der Waals surface area contributed by atoms with Gasteiger partial charge in [-0.15, -0.1) is 0 Å². The first-order valence-electron chi connectivity index (χ1n) is 6.13. The molecule has 1 saturated carbocycles. The molecule has 15 heavy (non-hydrogen) atoms. The van der Waals surface area contributed by atoms with Gasteiger partial charge in [0.15, 0.2) is 0 Å². The van der Waals surface area contributed by atoms with Gasteiger partial charge in [0, 0.05) is 13.2 Å². The molecule has 1 aliphatic rings. The van der Waals surface area contributed by atoms with Crippen LogP contribution in [0.1, 0.15) is 32.6 Å². The molecule has 1 fully saturated rings. The smallest absolute Gasteiger partial charge is 0.0593 e. The molecule has 0 saturated heterocycles. The zero-order chi connectivity index (χ0) is 11.1. The molecule has 0 aromatic carbocycles. The van der Waals surface area contributed by atoms with Crippen LogP contribution in [0.5, 0.6) is 0 Å². The van der Waals surface area contributed by atoms with Crippen molar-refractivity contribution in [1.29, 1.82) is 0 Å². The Hall–Kier alpha value is -0.120. The predicted molar refractivity (Wildman–Crippen MR) is 62.0 cm³/mol. The van der Waals surface area contributed by atoms with Gasteiger partial charge in [-0.2, -0.15) is 0 Å². The van der Waals surface area contributed by atoms with Crippen molar-refractivity contribution in [1.82, 2.24) is 4.90 Å². The summed E-state index contributed by atoms with van der Waals surface area (Å²) >= 11 is 0. The molecule has 0 spiro atoms. The van der Waals surface area contributed by atoms with E-state index in [0.29, 0.717) is 0 Å². The molecule has 0 heterocycles. The minimum absolute atomic E-state index is 0.162. The zero-order valence-electron chi connectivity index (χ0n) is 10.1. The van der Waals surface area contributed by atoms with Crippen LogP contribution in [0.2, 0.25) is 0 Å². The highest BCUT2D eigenvalue weighted by Crippen LogP contribution is 2.28. The molecule has 0 radical (unpaired) electrons. The molecule has 1 atom stereocenters. The van der Waals surface area contributed by atoms with E-state index in [1.807, 2.05) is 6.92 Å². The van der Waals surface area contributed by atoms with Crippen molar-refractivity contribution in [2.45, 2.75) is 38.7 Å². The number of aliphatic hydroxyl groups is 1. The van der Waals surface area contributed by atoms with E-state index in [0.717, 1.165) is 45.1 Å². The fraction of sp³-hybridized carbons (Fsp3) is 1.00. The maximum Gasteiger partial charge on any atom is 0.0593 e. The van der Waals surface area contributed by atoms with E-state index < -0.39 is 0 Å². The lowest BCUT2D eigenvalue weighted by Crippen LogP contribution is -2.25. The van der Waals surface area contributed by atoms with Gasteiger partial charge in [0.25, 0.3) is 0 Å². The summed E-state index contributed by atoms with van der Waals surface area (Å²) in [7, 11) is 2.11. The van der Waals surface area contributed by atoms with Crippen LogP contribution in [0, 0.1) is 5.92 Å². The Morgan fingerprint density at radius 1 is 1.40 bits per heavy atom. The third-order valence-electron chi connectivity index (χ3n) is 2.83. The average molecular weight is 215 g/mol. The van der Waals surface area contributed by atoms with Crippen LogP contribution in [-0.2, 0) is 4.74 Å². The topological polar surface area (TPSA) is 32.7 Å². The number of hydrogen-bond donors (Lipinski definition) is 1. The quantitative estimate of drug-likeness (QED) is 0.592. The lowest BCUT2D eigenvalue weighted by Gasteiger charge is -2.16.